The topological polar surface area (TPSA) is 24.9 Å². The summed E-state index contributed by atoms with van der Waals surface area (Å²) in [5.41, 5.74) is 2.09. The smallest absolute Gasteiger partial charge is 0.355 e. The lowest BCUT2D eigenvalue weighted by Gasteiger charge is -2.09. The van der Waals surface area contributed by atoms with Crippen LogP contribution < -0.4 is 5.32 Å². The first-order valence-electron chi connectivity index (χ1n) is 7.48. The number of hydrogen-bond donors (Lipinski definition) is 1. The fourth-order valence-corrected chi connectivity index (χ4v) is 2.16. The summed E-state index contributed by atoms with van der Waals surface area (Å²) in [6, 6.07) is 17.7. The molecular formula is C20H13F3N2. The fraction of sp³-hybridized carbons (Fsp3) is 0.0500. The Morgan fingerprint density at radius 2 is 1.60 bits per heavy atom. The van der Waals surface area contributed by atoms with Gasteiger partial charge in [-0.3, -0.25) is 0 Å². The Kier molecular flexibility index (Phi) is 4.71. The highest BCUT2D eigenvalue weighted by Gasteiger charge is 2.29. The molecule has 0 atom stereocenters. The van der Waals surface area contributed by atoms with Crippen LogP contribution in [0.3, 0.4) is 0 Å². The molecule has 2 aromatic carbocycles. The average molecular weight is 338 g/mol. The molecule has 0 saturated carbocycles. The van der Waals surface area contributed by atoms with Crippen LogP contribution in [0.2, 0.25) is 0 Å². The molecular weight excluding hydrogens is 325 g/mol. The minimum atomic E-state index is -4.33. The molecule has 0 radical (unpaired) electrons. The van der Waals surface area contributed by atoms with E-state index in [-0.39, 0.29) is 0 Å². The van der Waals surface area contributed by atoms with Crippen molar-refractivity contribution >= 4 is 11.4 Å². The fourth-order valence-electron chi connectivity index (χ4n) is 2.16. The minimum Gasteiger partial charge on any atom is -0.355 e. The Labute approximate surface area is 143 Å². The summed E-state index contributed by atoms with van der Waals surface area (Å²) in [5.74, 6) is 5.98. The third-order valence-corrected chi connectivity index (χ3v) is 3.36. The normalized spacial score (nSPS) is 10.7. The van der Waals surface area contributed by atoms with E-state index in [2.05, 4.69) is 22.1 Å². The van der Waals surface area contributed by atoms with Gasteiger partial charge in [0.25, 0.3) is 0 Å². The lowest BCUT2D eigenvalue weighted by atomic mass is 10.1. The zero-order valence-electron chi connectivity index (χ0n) is 13.0. The molecule has 0 aliphatic heterocycles. The first-order chi connectivity index (χ1) is 12.0. The first-order valence-corrected chi connectivity index (χ1v) is 7.48. The van der Waals surface area contributed by atoms with Gasteiger partial charge in [-0.15, -0.1) is 0 Å². The van der Waals surface area contributed by atoms with Crippen LogP contribution >= 0.6 is 0 Å². The summed E-state index contributed by atoms with van der Waals surface area (Å²) in [7, 11) is 0. The second-order valence-electron chi connectivity index (χ2n) is 5.25. The van der Waals surface area contributed by atoms with Crippen LogP contribution in [0, 0.1) is 11.8 Å². The van der Waals surface area contributed by atoms with E-state index >= 15 is 0 Å². The van der Waals surface area contributed by atoms with E-state index in [1.165, 1.54) is 12.1 Å². The number of benzene rings is 2. The zero-order valence-corrected chi connectivity index (χ0v) is 13.0. The third kappa shape index (κ3) is 4.61. The van der Waals surface area contributed by atoms with Crippen LogP contribution in [0.4, 0.5) is 24.5 Å². The Morgan fingerprint density at radius 1 is 0.800 bits per heavy atom. The lowest BCUT2D eigenvalue weighted by Crippen LogP contribution is -2.04. The monoisotopic (exact) mass is 338 g/mol. The molecule has 1 heterocycles. The average Bonchev–Trinajstić information content (AvgIpc) is 2.61. The summed E-state index contributed by atoms with van der Waals surface area (Å²) in [6.07, 6.45) is -2.66. The van der Waals surface area contributed by atoms with Gasteiger partial charge in [-0.1, -0.05) is 18.1 Å². The van der Waals surface area contributed by atoms with Gasteiger partial charge in [0.15, 0.2) is 0 Å². The number of alkyl halides is 3. The van der Waals surface area contributed by atoms with Gasteiger partial charge >= 0.3 is 6.18 Å². The number of aromatic nitrogens is 1. The molecule has 0 bridgehead atoms. The zero-order chi connectivity index (χ0) is 17.7. The van der Waals surface area contributed by atoms with E-state index in [1.807, 2.05) is 42.5 Å². The number of hydrogen-bond acceptors (Lipinski definition) is 2. The highest BCUT2D eigenvalue weighted by atomic mass is 19.4. The molecule has 3 rings (SSSR count). The lowest BCUT2D eigenvalue weighted by molar-refractivity contribution is -0.137. The van der Waals surface area contributed by atoms with Gasteiger partial charge in [0.05, 0.1) is 5.56 Å². The molecule has 1 aromatic heterocycles. The van der Waals surface area contributed by atoms with Gasteiger partial charge in [-0.05, 0) is 60.5 Å². The Balaban J connectivity index is 1.75. The largest absolute Gasteiger partial charge is 0.416 e. The molecule has 124 valence electrons. The minimum absolute atomic E-state index is 0.572. The molecule has 0 aliphatic carbocycles. The van der Waals surface area contributed by atoms with Crippen LogP contribution in [-0.4, -0.2) is 4.98 Å². The predicted octanol–water partition coefficient (Wildman–Crippen LogP) is 5.24. The molecule has 25 heavy (non-hydrogen) atoms. The van der Waals surface area contributed by atoms with Crippen molar-refractivity contribution < 1.29 is 13.2 Å². The van der Waals surface area contributed by atoms with E-state index in [4.69, 9.17) is 0 Å². The van der Waals surface area contributed by atoms with Gasteiger partial charge in [-0.2, -0.15) is 13.2 Å². The number of halogens is 3. The number of nitrogens with one attached hydrogen (secondary N) is 1. The summed E-state index contributed by atoms with van der Waals surface area (Å²) in [4.78, 5) is 4.13. The van der Waals surface area contributed by atoms with Crippen molar-refractivity contribution in [3.8, 4) is 11.8 Å². The molecule has 0 unspecified atom stereocenters. The molecule has 0 aliphatic rings. The Hall–Kier alpha value is -3.26. The quantitative estimate of drug-likeness (QED) is 0.646. The van der Waals surface area contributed by atoms with Gasteiger partial charge in [0.1, 0.15) is 5.69 Å². The molecule has 5 heteroatoms. The van der Waals surface area contributed by atoms with E-state index in [0.29, 0.717) is 11.4 Å². The van der Waals surface area contributed by atoms with Crippen LogP contribution in [0.1, 0.15) is 16.8 Å². The van der Waals surface area contributed by atoms with E-state index in [0.717, 1.165) is 23.4 Å². The van der Waals surface area contributed by atoms with E-state index < -0.39 is 11.7 Å². The van der Waals surface area contributed by atoms with E-state index in [1.54, 1.807) is 6.20 Å². The van der Waals surface area contributed by atoms with Crippen molar-refractivity contribution in [2.24, 2.45) is 0 Å². The molecule has 0 fully saturated rings. The van der Waals surface area contributed by atoms with Crippen molar-refractivity contribution in [1.29, 1.82) is 0 Å². The van der Waals surface area contributed by atoms with Gasteiger partial charge < -0.3 is 5.32 Å². The molecule has 3 aromatic rings. The molecule has 0 spiro atoms. The highest BCUT2D eigenvalue weighted by Crippen LogP contribution is 2.30. The number of pyridine rings is 1. The summed E-state index contributed by atoms with van der Waals surface area (Å²) >= 11 is 0. The Morgan fingerprint density at radius 3 is 2.28 bits per heavy atom. The predicted molar refractivity (Wildman–Crippen MR) is 91.4 cm³/mol. The maximum atomic E-state index is 12.6. The summed E-state index contributed by atoms with van der Waals surface area (Å²) in [5, 5.41) is 3.07. The molecule has 0 amide bonds. The second kappa shape index (κ2) is 7.10. The van der Waals surface area contributed by atoms with Crippen LogP contribution in [0.25, 0.3) is 0 Å². The van der Waals surface area contributed by atoms with Gasteiger partial charge in [-0.25, -0.2) is 4.98 Å². The van der Waals surface area contributed by atoms with Crippen LogP contribution in [0.5, 0.6) is 0 Å². The van der Waals surface area contributed by atoms with Crippen LogP contribution in [-0.2, 0) is 6.18 Å². The first kappa shape index (κ1) is 16.6. The summed E-state index contributed by atoms with van der Waals surface area (Å²) in [6.45, 7) is 0. The summed E-state index contributed by atoms with van der Waals surface area (Å²) < 4.78 is 37.8. The third-order valence-electron chi connectivity index (χ3n) is 3.36. The van der Waals surface area contributed by atoms with Crippen molar-refractivity contribution in [2.75, 3.05) is 5.32 Å². The van der Waals surface area contributed by atoms with Gasteiger partial charge in [0, 0.05) is 23.1 Å². The SMILES string of the molecule is FC(F)(F)c1ccc(Nc2cccc(C#Cc3ccccn3)c2)cc1. The number of anilines is 2. The van der Waals surface area contributed by atoms with Crippen molar-refractivity contribution in [3.05, 3.63) is 89.7 Å². The molecule has 0 saturated heterocycles. The van der Waals surface area contributed by atoms with Crippen molar-refractivity contribution in [3.63, 3.8) is 0 Å². The Bertz CT molecular complexity index is 905. The van der Waals surface area contributed by atoms with Crippen molar-refractivity contribution in [2.45, 2.75) is 6.18 Å². The molecule has 1 N–H and O–H groups in total. The number of nitrogens with zero attached hydrogens (tertiary/aromatic N) is 1. The maximum Gasteiger partial charge on any atom is 0.416 e. The number of rotatable bonds is 2. The standard InChI is InChI=1S/C20H13F3N2/c21-20(22,23)16-8-11-18(12-9-16)25-19-6-3-4-15(14-19)7-10-17-5-1-2-13-24-17/h1-6,8-9,11-14,25H. The van der Waals surface area contributed by atoms with E-state index in [9.17, 15) is 13.2 Å². The van der Waals surface area contributed by atoms with Gasteiger partial charge in [0.2, 0.25) is 0 Å². The van der Waals surface area contributed by atoms with Crippen molar-refractivity contribution in [1.82, 2.24) is 4.98 Å². The molecule has 2 nitrogen and oxygen atoms in total. The maximum absolute atomic E-state index is 12.6. The highest BCUT2D eigenvalue weighted by molar-refractivity contribution is 5.62. The van der Waals surface area contributed by atoms with Crippen LogP contribution in [0.15, 0.2) is 72.9 Å². The second-order valence-corrected chi connectivity index (χ2v) is 5.25.